The van der Waals surface area contributed by atoms with Crippen molar-refractivity contribution >= 4 is 28.1 Å². The van der Waals surface area contributed by atoms with Crippen molar-refractivity contribution in [3.8, 4) is 0 Å². The Balaban J connectivity index is 0.00000225. The zero-order chi connectivity index (χ0) is 17.3. The molecule has 1 aliphatic heterocycles. The lowest BCUT2D eigenvalue weighted by molar-refractivity contribution is -0.385. The second-order valence-corrected chi connectivity index (χ2v) is 7.47. The Morgan fingerprint density at radius 2 is 1.88 bits per heavy atom. The second-order valence-electron chi connectivity index (χ2n) is 5.74. The lowest BCUT2D eigenvalue weighted by Gasteiger charge is -2.10. The summed E-state index contributed by atoms with van der Waals surface area (Å²) in [4.78, 5) is 10.2. The zero-order valence-corrected chi connectivity index (χ0v) is 15.1. The summed E-state index contributed by atoms with van der Waals surface area (Å²) in [5.74, 6) is 0. The van der Waals surface area contributed by atoms with Gasteiger partial charge in [-0.15, -0.1) is 12.4 Å². The first-order chi connectivity index (χ1) is 11.4. The molecule has 9 heteroatoms. The van der Waals surface area contributed by atoms with E-state index in [2.05, 4.69) is 10.0 Å². The Labute approximate surface area is 152 Å². The summed E-state index contributed by atoms with van der Waals surface area (Å²) in [7, 11) is -3.83. The molecule has 1 heterocycles. The minimum absolute atomic E-state index is 0. The number of nitro benzene ring substituents is 1. The lowest BCUT2D eigenvalue weighted by Crippen LogP contribution is -2.24. The van der Waals surface area contributed by atoms with Crippen molar-refractivity contribution in [1.82, 2.24) is 10.0 Å². The highest BCUT2D eigenvalue weighted by Crippen LogP contribution is 2.22. The fraction of sp³-hybridized carbons (Fsp3) is 0.250. The fourth-order valence-electron chi connectivity index (χ4n) is 2.71. The molecule has 2 N–H and O–H groups in total. The van der Waals surface area contributed by atoms with Gasteiger partial charge in [0.1, 0.15) is 0 Å². The molecule has 0 saturated carbocycles. The quantitative estimate of drug-likeness (QED) is 0.609. The normalized spacial score (nSPS) is 13.2. The van der Waals surface area contributed by atoms with Gasteiger partial charge in [0.25, 0.3) is 5.69 Å². The minimum atomic E-state index is -3.83. The van der Waals surface area contributed by atoms with E-state index in [4.69, 9.17) is 0 Å². The average molecular weight is 384 g/mol. The van der Waals surface area contributed by atoms with Gasteiger partial charge in [0.15, 0.2) is 0 Å². The molecule has 2 aromatic rings. The Morgan fingerprint density at radius 3 is 2.60 bits per heavy atom. The van der Waals surface area contributed by atoms with Gasteiger partial charge < -0.3 is 5.32 Å². The van der Waals surface area contributed by atoms with Gasteiger partial charge in [-0.1, -0.05) is 24.3 Å². The van der Waals surface area contributed by atoms with Crippen molar-refractivity contribution in [2.24, 2.45) is 0 Å². The van der Waals surface area contributed by atoms with Gasteiger partial charge in [-0.25, -0.2) is 13.1 Å². The molecule has 1 aliphatic rings. The highest BCUT2D eigenvalue weighted by Gasteiger charge is 2.20. The molecule has 0 aromatic heterocycles. The molecule has 0 bridgehead atoms. The van der Waals surface area contributed by atoms with Gasteiger partial charge in [-0.05, 0) is 29.2 Å². The predicted octanol–water partition coefficient (Wildman–Crippen LogP) is 2.41. The van der Waals surface area contributed by atoms with E-state index < -0.39 is 14.9 Å². The third kappa shape index (κ3) is 4.16. The molecule has 2 aromatic carbocycles. The maximum Gasteiger partial charge on any atom is 0.270 e. The highest BCUT2D eigenvalue weighted by atomic mass is 35.5. The fourth-order valence-corrected chi connectivity index (χ4v) is 3.99. The highest BCUT2D eigenvalue weighted by molar-refractivity contribution is 7.89. The number of hydrogen-bond donors (Lipinski definition) is 2. The summed E-state index contributed by atoms with van der Waals surface area (Å²) >= 11 is 0. The summed E-state index contributed by atoms with van der Waals surface area (Å²) in [6, 6.07) is 9.66. The smallest absolute Gasteiger partial charge is 0.270 e. The lowest BCUT2D eigenvalue weighted by atomic mass is 10.1. The molecule has 0 aliphatic carbocycles. The molecule has 0 amide bonds. The van der Waals surface area contributed by atoms with Crippen LogP contribution in [0.25, 0.3) is 0 Å². The van der Waals surface area contributed by atoms with Crippen LogP contribution in [-0.4, -0.2) is 13.3 Å². The minimum Gasteiger partial charge on any atom is -0.309 e. The standard InChI is InChI=1S/C16H17N3O4S.ClH/c1-11-2-5-15(19(20)21)7-16(11)24(22,23)18-8-12-3-4-13-9-17-10-14(13)6-12;/h2-7,17-18H,8-10H2,1H3;1H. The monoisotopic (exact) mass is 383 g/mol. The van der Waals surface area contributed by atoms with Gasteiger partial charge in [0, 0.05) is 31.8 Å². The van der Waals surface area contributed by atoms with Crippen molar-refractivity contribution in [3.05, 3.63) is 68.8 Å². The Bertz CT molecular complexity index is 916. The van der Waals surface area contributed by atoms with Gasteiger partial charge >= 0.3 is 0 Å². The van der Waals surface area contributed by atoms with Crippen LogP contribution in [0.15, 0.2) is 41.3 Å². The number of hydrogen-bond acceptors (Lipinski definition) is 5. The van der Waals surface area contributed by atoms with E-state index in [1.54, 1.807) is 6.92 Å². The van der Waals surface area contributed by atoms with Crippen molar-refractivity contribution in [2.45, 2.75) is 31.5 Å². The summed E-state index contributed by atoms with van der Waals surface area (Å²) in [5, 5.41) is 14.1. The van der Waals surface area contributed by atoms with Gasteiger partial charge in [-0.3, -0.25) is 10.1 Å². The number of rotatable bonds is 5. The third-order valence-corrected chi connectivity index (χ3v) is 5.58. The first kappa shape index (κ1) is 19.3. The summed E-state index contributed by atoms with van der Waals surface area (Å²) in [6.07, 6.45) is 0. The van der Waals surface area contributed by atoms with Crippen LogP contribution in [0.5, 0.6) is 0 Å². The third-order valence-electron chi connectivity index (χ3n) is 4.04. The van der Waals surface area contributed by atoms with Crippen molar-refractivity contribution in [1.29, 1.82) is 0 Å². The van der Waals surface area contributed by atoms with Crippen LogP contribution in [0.1, 0.15) is 22.3 Å². The van der Waals surface area contributed by atoms with E-state index in [1.807, 2.05) is 18.2 Å². The van der Waals surface area contributed by atoms with Gasteiger partial charge in [0.2, 0.25) is 10.0 Å². The average Bonchev–Trinajstić information content (AvgIpc) is 3.00. The van der Waals surface area contributed by atoms with E-state index in [0.717, 1.165) is 24.7 Å². The number of benzene rings is 2. The molecule has 0 spiro atoms. The maximum absolute atomic E-state index is 12.5. The van der Waals surface area contributed by atoms with Crippen molar-refractivity contribution < 1.29 is 13.3 Å². The summed E-state index contributed by atoms with van der Waals surface area (Å²) in [6.45, 7) is 3.35. The number of nitro groups is 1. The number of fused-ring (bicyclic) bond motifs is 1. The van der Waals surface area contributed by atoms with Gasteiger partial charge in [-0.2, -0.15) is 0 Å². The molecule has 0 atom stereocenters. The number of sulfonamides is 1. The van der Waals surface area contributed by atoms with Crippen LogP contribution in [-0.2, 0) is 29.7 Å². The van der Waals surface area contributed by atoms with Crippen LogP contribution in [0.4, 0.5) is 5.69 Å². The molecular formula is C16H18ClN3O4S. The molecule has 134 valence electrons. The molecule has 25 heavy (non-hydrogen) atoms. The van der Waals surface area contributed by atoms with E-state index in [9.17, 15) is 18.5 Å². The number of aryl methyl sites for hydroxylation is 1. The van der Waals surface area contributed by atoms with E-state index in [0.29, 0.717) is 5.56 Å². The molecule has 0 fully saturated rings. The maximum atomic E-state index is 12.5. The Kier molecular flexibility index (Phi) is 5.79. The van der Waals surface area contributed by atoms with Crippen molar-refractivity contribution in [3.63, 3.8) is 0 Å². The second kappa shape index (κ2) is 7.49. The topological polar surface area (TPSA) is 101 Å². The molecule has 0 saturated heterocycles. The van der Waals surface area contributed by atoms with Crippen LogP contribution in [0.3, 0.4) is 0 Å². The molecule has 3 rings (SSSR count). The zero-order valence-electron chi connectivity index (χ0n) is 13.5. The first-order valence-electron chi connectivity index (χ1n) is 7.43. The van der Waals surface area contributed by atoms with Crippen LogP contribution in [0, 0.1) is 17.0 Å². The van der Waals surface area contributed by atoms with Gasteiger partial charge in [0.05, 0.1) is 9.82 Å². The largest absolute Gasteiger partial charge is 0.309 e. The first-order valence-corrected chi connectivity index (χ1v) is 8.91. The molecule has 7 nitrogen and oxygen atoms in total. The molecule has 0 unspecified atom stereocenters. The van der Waals surface area contributed by atoms with E-state index in [-0.39, 0.29) is 29.5 Å². The number of non-ortho nitro benzene ring substituents is 1. The molecule has 0 radical (unpaired) electrons. The summed E-state index contributed by atoms with van der Waals surface area (Å²) < 4.78 is 27.5. The molecular weight excluding hydrogens is 366 g/mol. The number of nitrogens with zero attached hydrogens (tertiary/aromatic N) is 1. The SMILES string of the molecule is Cc1ccc([N+](=O)[O-])cc1S(=O)(=O)NCc1ccc2c(c1)CNC2.Cl. The van der Waals surface area contributed by atoms with Crippen LogP contribution >= 0.6 is 12.4 Å². The number of nitrogens with one attached hydrogen (secondary N) is 2. The Hall–Kier alpha value is -2.00. The predicted molar refractivity (Wildman–Crippen MR) is 96.1 cm³/mol. The van der Waals surface area contributed by atoms with E-state index in [1.165, 1.54) is 23.3 Å². The Morgan fingerprint density at radius 1 is 1.16 bits per heavy atom. The summed E-state index contributed by atoms with van der Waals surface area (Å²) in [5.41, 5.74) is 3.45. The van der Waals surface area contributed by atoms with Crippen LogP contribution in [0.2, 0.25) is 0 Å². The van der Waals surface area contributed by atoms with Crippen molar-refractivity contribution in [2.75, 3.05) is 0 Å². The number of halogens is 1. The van der Waals surface area contributed by atoms with E-state index >= 15 is 0 Å². The van der Waals surface area contributed by atoms with Crippen LogP contribution < -0.4 is 10.0 Å².